The van der Waals surface area contributed by atoms with Gasteiger partial charge < -0.3 is 14.3 Å². The van der Waals surface area contributed by atoms with Gasteiger partial charge in [-0.25, -0.2) is 0 Å². The van der Waals surface area contributed by atoms with E-state index in [0.717, 1.165) is 5.56 Å². The minimum absolute atomic E-state index is 0.127. The number of benzene rings is 1. The van der Waals surface area contributed by atoms with Crippen LogP contribution in [0, 0.1) is 5.92 Å². The molecular weight excluding hydrogens is 414 g/mol. The molecule has 1 aromatic rings. The number of aliphatic hydroxyl groups is 1. The van der Waals surface area contributed by atoms with Crippen molar-refractivity contribution in [2.45, 2.75) is 64.4 Å². The number of amides is 1. The van der Waals surface area contributed by atoms with Gasteiger partial charge in [-0.2, -0.15) is 0 Å². The van der Waals surface area contributed by atoms with E-state index in [1.807, 2.05) is 30.3 Å². The van der Waals surface area contributed by atoms with Gasteiger partial charge in [-0.1, -0.05) is 70.2 Å². The van der Waals surface area contributed by atoms with E-state index in [0.29, 0.717) is 19.6 Å². The number of thiocarbonyl (C=S) groups is 1. The Labute approximate surface area is 187 Å². The largest absolute Gasteiger partial charge is 0.468 e. The average Bonchev–Trinajstić information content (AvgIpc) is 3.03. The molecule has 1 aromatic carbocycles. The molecule has 7 heteroatoms. The number of carbonyl (C=O) groups is 1. The van der Waals surface area contributed by atoms with Gasteiger partial charge in [-0.05, 0) is 42.3 Å². The van der Waals surface area contributed by atoms with Crippen LogP contribution in [0.25, 0.3) is 0 Å². The highest BCUT2D eigenvalue weighted by Gasteiger charge is 2.39. The molecule has 0 radical (unpaired) electrons. The molecule has 166 valence electrons. The zero-order valence-electron chi connectivity index (χ0n) is 18.9. The summed E-state index contributed by atoms with van der Waals surface area (Å²) in [7, 11) is -1.84. The number of carbonyl (C=O) groups excluding carboxylic acids is 1. The number of hydrogen-bond donors (Lipinski definition) is 1. The van der Waals surface area contributed by atoms with Crippen molar-refractivity contribution in [3.63, 3.8) is 0 Å². The van der Waals surface area contributed by atoms with Crippen LogP contribution in [-0.2, 0) is 20.4 Å². The van der Waals surface area contributed by atoms with Gasteiger partial charge >= 0.3 is 0 Å². The maximum atomic E-state index is 13.1. The van der Waals surface area contributed by atoms with Crippen LogP contribution in [0.5, 0.6) is 0 Å². The average molecular weight is 450 g/mol. The molecule has 1 heterocycles. The quantitative estimate of drug-likeness (QED) is 0.364. The van der Waals surface area contributed by atoms with Crippen molar-refractivity contribution in [1.82, 2.24) is 4.90 Å². The van der Waals surface area contributed by atoms with E-state index < -0.39 is 20.3 Å². The molecule has 0 aliphatic carbocycles. The highest BCUT2D eigenvalue weighted by molar-refractivity contribution is 7.80. The summed E-state index contributed by atoms with van der Waals surface area (Å²) in [5.74, 6) is -0.854. The standard InChI is InChI=1S/C23H35NO4SSi/c1-17(20(25)13-10-14-28-30(5,6)23(2,3)4)21(26)24-19(16-27-22(24)29)15-18-11-8-7-9-12-18/h7-13,17,19-20,25H,14-16H2,1-6H3/b13-10+/t17-,19-,20+/m0/s1. The van der Waals surface area contributed by atoms with Crippen LogP contribution >= 0.6 is 12.2 Å². The summed E-state index contributed by atoms with van der Waals surface area (Å²) in [5, 5.41) is 10.8. The van der Waals surface area contributed by atoms with Gasteiger partial charge in [-0.15, -0.1) is 0 Å². The van der Waals surface area contributed by atoms with Crippen LogP contribution in [-0.4, -0.2) is 54.8 Å². The summed E-state index contributed by atoms with van der Waals surface area (Å²) in [6.07, 6.45) is 3.18. The highest BCUT2D eigenvalue weighted by atomic mass is 32.1. The lowest BCUT2D eigenvalue weighted by Crippen LogP contribution is -2.45. The Morgan fingerprint density at radius 3 is 2.60 bits per heavy atom. The first kappa shape index (κ1) is 24.7. The van der Waals surface area contributed by atoms with Gasteiger partial charge in [-0.3, -0.25) is 9.69 Å². The summed E-state index contributed by atoms with van der Waals surface area (Å²) in [6, 6.07) is 9.79. The predicted molar refractivity (Wildman–Crippen MR) is 127 cm³/mol. The van der Waals surface area contributed by atoms with Gasteiger partial charge in [0.2, 0.25) is 5.91 Å². The summed E-state index contributed by atoms with van der Waals surface area (Å²) < 4.78 is 11.6. The molecule has 0 unspecified atom stereocenters. The summed E-state index contributed by atoms with van der Waals surface area (Å²) >= 11 is 5.27. The van der Waals surface area contributed by atoms with Crippen LogP contribution in [0.4, 0.5) is 0 Å². The van der Waals surface area contributed by atoms with E-state index in [9.17, 15) is 9.90 Å². The third kappa shape index (κ3) is 6.23. The Balaban J connectivity index is 1.96. The Hall–Kier alpha value is -1.54. The van der Waals surface area contributed by atoms with E-state index in [-0.39, 0.29) is 22.2 Å². The van der Waals surface area contributed by atoms with Crippen molar-refractivity contribution >= 4 is 31.6 Å². The molecule has 0 aromatic heterocycles. The fraction of sp³-hybridized carbons (Fsp3) is 0.565. The molecular formula is C23H35NO4SSi. The second-order valence-corrected chi connectivity index (χ2v) is 14.6. The van der Waals surface area contributed by atoms with Crippen molar-refractivity contribution in [3.05, 3.63) is 48.0 Å². The summed E-state index contributed by atoms with van der Waals surface area (Å²) in [4.78, 5) is 14.6. The molecule has 30 heavy (non-hydrogen) atoms. The second-order valence-electron chi connectivity index (χ2n) is 9.41. The first-order chi connectivity index (χ1) is 13.9. The van der Waals surface area contributed by atoms with Crippen molar-refractivity contribution in [2.75, 3.05) is 13.2 Å². The second kappa shape index (κ2) is 10.2. The third-order valence-corrected chi connectivity index (χ3v) is 10.9. The normalized spacial score (nSPS) is 19.8. The van der Waals surface area contributed by atoms with Crippen molar-refractivity contribution in [3.8, 4) is 0 Å². The zero-order valence-corrected chi connectivity index (χ0v) is 20.7. The maximum absolute atomic E-state index is 13.1. The fourth-order valence-electron chi connectivity index (χ4n) is 2.97. The summed E-state index contributed by atoms with van der Waals surface area (Å²) in [6.45, 7) is 13.4. The topological polar surface area (TPSA) is 59.0 Å². The Kier molecular flexibility index (Phi) is 8.39. The van der Waals surface area contributed by atoms with Crippen LogP contribution in [0.1, 0.15) is 33.3 Å². The van der Waals surface area contributed by atoms with Crippen LogP contribution in [0.2, 0.25) is 18.1 Å². The molecule has 0 spiro atoms. The number of nitrogens with zero attached hydrogens (tertiary/aromatic N) is 1. The van der Waals surface area contributed by atoms with Gasteiger partial charge in [0.25, 0.3) is 5.17 Å². The SMILES string of the molecule is C[C@H](C(=O)N1C(=S)OC[C@@H]1Cc1ccccc1)[C@H](O)/C=C/CO[Si](C)(C)C(C)(C)C. The molecule has 1 saturated heterocycles. The van der Waals surface area contributed by atoms with E-state index in [4.69, 9.17) is 21.4 Å². The highest BCUT2D eigenvalue weighted by Crippen LogP contribution is 2.36. The fourth-order valence-corrected chi connectivity index (χ4v) is 4.22. The molecule has 1 amide bonds. The van der Waals surface area contributed by atoms with Gasteiger partial charge in [0.15, 0.2) is 8.32 Å². The Morgan fingerprint density at radius 2 is 2.00 bits per heavy atom. The minimum Gasteiger partial charge on any atom is -0.468 e. The molecule has 1 N–H and O–H groups in total. The lowest BCUT2D eigenvalue weighted by Gasteiger charge is -2.35. The molecule has 3 atom stereocenters. The van der Waals surface area contributed by atoms with Gasteiger partial charge in [0.1, 0.15) is 6.61 Å². The van der Waals surface area contributed by atoms with Crippen molar-refractivity contribution < 1.29 is 19.1 Å². The first-order valence-corrected chi connectivity index (χ1v) is 13.8. The lowest BCUT2D eigenvalue weighted by atomic mass is 10.0. The van der Waals surface area contributed by atoms with E-state index in [2.05, 4.69) is 33.9 Å². The van der Waals surface area contributed by atoms with Crippen LogP contribution in [0.15, 0.2) is 42.5 Å². The van der Waals surface area contributed by atoms with Crippen molar-refractivity contribution in [1.29, 1.82) is 0 Å². The molecule has 5 nitrogen and oxygen atoms in total. The van der Waals surface area contributed by atoms with Crippen LogP contribution < -0.4 is 0 Å². The first-order valence-electron chi connectivity index (χ1n) is 10.5. The van der Waals surface area contributed by atoms with Gasteiger partial charge in [0, 0.05) is 0 Å². The summed E-state index contributed by atoms with van der Waals surface area (Å²) in [5.41, 5.74) is 1.12. The van der Waals surface area contributed by atoms with E-state index in [1.54, 1.807) is 19.1 Å². The predicted octanol–water partition coefficient (Wildman–Crippen LogP) is 4.32. The number of hydrogen-bond acceptors (Lipinski definition) is 5. The molecule has 1 fully saturated rings. The Morgan fingerprint density at radius 1 is 1.37 bits per heavy atom. The molecule has 1 aliphatic rings. The zero-order chi connectivity index (χ0) is 22.5. The monoisotopic (exact) mass is 449 g/mol. The third-order valence-electron chi connectivity index (χ3n) is 6.09. The molecule has 2 rings (SSSR count). The molecule has 1 aliphatic heterocycles. The Bertz CT molecular complexity index is 760. The lowest BCUT2D eigenvalue weighted by molar-refractivity contribution is -0.134. The van der Waals surface area contributed by atoms with E-state index in [1.165, 1.54) is 4.90 Å². The van der Waals surface area contributed by atoms with E-state index >= 15 is 0 Å². The smallest absolute Gasteiger partial charge is 0.266 e. The van der Waals surface area contributed by atoms with Crippen LogP contribution in [0.3, 0.4) is 0 Å². The number of ether oxygens (including phenoxy) is 1. The van der Waals surface area contributed by atoms with Crippen molar-refractivity contribution in [2.24, 2.45) is 5.92 Å². The number of rotatable bonds is 8. The number of aliphatic hydroxyl groups excluding tert-OH is 1. The minimum atomic E-state index is -1.84. The molecule has 0 bridgehead atoms. The maximum Gasteiger partial charge on any atom is 0.266 e. The molecule has 0 saturated carbocycles. The van der Waals surface area contributed by atoms with Gasteiger partial charge in [0.05, 0.1) is 24.7 Å².